The summed E-state index contributed by atoms with van der Waals surface area (Å²) in [6.45, 7) is 14.3. The second-order valence-corrected chi connectivity index (χ2v) is 10.8. The van der Waals surface area contributed by atoms with Crippen molar-refractivity contribution in [3.05, 3.63) is 76.1 Å². The van der Waals surface area contributed by atoms with Crippen molar-refractivity contribution in [2.45, 2.75) is 53.9 Å². The minimum Gasteiger partial charge on any atom is -0.338 e. The number of azo groups is 1. The molecule has 4 aromatic rings. The molecule has 0 spiro atoms. The molecule has 0 aliphatic carbocycles. The van der Waals surface area contributed by atoms with Crippen LogP contribution in [0, 0.1) is 39.0 Å². The first kappa shape index (κ1) is 27.5. The van der Waals surface area contributed by atoms with E-state index in [-0.39, 0.29) is 5.41 Å². The molecule has 0 saturated carbocycles. The Balaban J connectivity index is 1.83. The summed E-state index contributed by atoms with van der Waals surface area (Å²) in [6, 6.07) is 14.6. The van der Waals surface area contributed by atoms with Crippen LogP contribution in [0.1, 0.15) is 54.3 Å². The smallest absolute Gasteiger partial charge is 0.231 e. The molecule has 0 atom stereocenters. The molecule has 1 N–H and O–H groups in total. The molecule has 0 aliphatic heterocycles. The molecule has 2 aromatic heterocycles. The Morgan fingerprint density at radius 1 is 0.949 bits per heavy atom. The van der Waals surface area contributed by atoms with Gasteiger partial charge in [0.05, 0.1) is 11.9 Å². The number of benzene rings is 2. The van der Waals surface area contributed by atoms with E-state index in [0.717, 1.165) is 33.6 Å². The summed E-state index contributed by atoms with van der Waals surface area (Å²) in [5.74, 6) is 1.42. The van der Waals surface area contributed by atoms with Crippen molar-refractivity contribution in [1.82, 2.24) is 19.7 Å². The van der Waals surface area contributed by atoms with Crippen LogP contribution in [0.5, 0.6) is 0 Å². The average molecular weight is 522 g/mol. The zero-order valence-corrected chi connectivity index (χ0v) is 24.1. The van der Waals surface area contributed by atoms with Crippen molar-refractivity contribution >= 4 is 34.6 Å². The summed E-state index contributed by atoms with van der Waals surface area (Å²) in [7, 11) is 3.72. The van der Waals surface area contributed by atoms with Gasteiger partial charge in [-0.25, -0.2) is 9.67 Å². The molecule has 2 aromatic carbocycles. The van der Waals surface area contributed by atoms with E-state index in [1.54, 1.807) is 17.9 Å². The van der Waals surface area contributed by atoms with Crippen molar-refractivity contribution in [2.75, 3.05) is 17.3 Å². The standard InChI is InChI=1S/C30H35N9/c1-18-12-10-13-19(2)24(18)33-27-23(35-36-28-22(16-31)26(30(5,6)7)37-39(28)9)17-32-29(34-27)38(8)25-20(3)14-11-15-21(25)4/h10-15,17H,1-9H3,(H,32,33,34). The maximum absolute atomic E-state index is 9.89. The maximum Gasteiger partial charge on any atom is 0.231 e. The highest BCUT2D eigenvalue weighted by molar-refractivity contribution is 5.74. The van der Waals surface area contributed by atoms with Crippen molar-refractivity contribution < 1.29 is 0 Å². The van der Waals surface area contributed by atoms with E-state index in [9.17, 15) is 5.26 Å². The molecular weight excluding hydrogens is 486 g/mol. The minimum absolute atomic E-state index is 0.311. The molecule has 4 rings (SSSR count). The Labute approximate surface area is 230 Å². The zero-order valence-electron chi connectivity index (χ0n) is 24.1. The second kappa shape index (κ2) is 10.7. The highest BCUT2D eigenvalue weighted by atomic mass is 15.3. The molecule has 2 heterocycles. The summed E-state index contributed by atoms with van der Waals surface area (Å²) in [4.78, 5) is 11.5. The Bertz CT molecular complexity index is 1560. The Kier molecular flexibility index (Phi) is 7.50. The van der Waals surface area contributed by atoms with Gasteiger partial charge in [0.15, 0.2) is 11.6 Å². The van der Waals surface area contributed by atoms with E-state index >= 15 is 0 Å². The predicted octanol–water partition coefficient (Wildman–Crippen LogP) is 7.54. The molecule has 9 heteroatoms. The van der Waals surface area contributed by atoms with Gasteiger partial charge in [0.1, 0.15) is 17.3 Å². The molecule has 0 unspecified atom stereocenters. The normalized spacial score (nSPS) is 11.6. The monoisotopic (exact) mass is 521 g/mol. The summed E-state index contributed by atoms with van der Waals surface area (Å²) in [6.07, 6.45) is 1.65. The highest BCUT2D eigenvalue weighted by Crippen LogP contribution is 2.36. The van der Waals surface area contributed by atoms with Crippen molar-refractivity contribution in [3.63, 3.8) is 0 Å². The van der Waals surface area contributed by atoms with Gasteiger partial charge in [-0.1, -0.05) is 57.2 Å². The van der Waals surface area contributed by atoms with Gasteiger partial charge in [-0.05, 0) is 49.9 Å². The lowest BCUT2D eigenvalue weighted by Crippen LogP contribution is -2.16. The van der Waals surface area contributed by atoms with Crippen LogP contribution in [0.2, 0.25) is 0 Å². The first-order chi connectivity index (χ1) is 18.4. The van der Waals surface area contributed by atoms with Gasteiger partial charge in [-0.2, -0.15) is 15.3 Å². The van der Waals surface area contributed by atoms with Gasteiger partial charge in [0, 0.05) is 30.9 Å². The van der Waals surface area contributed by atoms with E-state index in [0.29, 0.717) is 34.5 Å². The van der Waals surface area contributed by atoms with Crippen LogP contribution in [0.3, 0.4) is 0 Å². The quantitative estimate of drug-likeness (QED) is 0.263. The van der Waals surface area contributed by atoms with Gasteiger partial charge in [-0.15, -0.1) is 10.2 Å². The minimum atomic E-state index is -0.311. The molecule has 0 fully saturated rings. The number of aryl methyl sites for hydroxylation is 5. The Morgan fingerprint density at radius 3 is 2.10 bits per heavy atom. The summed E-state index contributed by atoms with van der Waals surface area (Å²) >= 11 is 0. The Hall–Kier alpha value is -4.58. The Morgan fingerprint density at radius 2 is 1.54 bits per heavy atom. The largest absolute Gasteiger partial charge is 0.338 e. The number of anilines is 4. The van der Waals surface area contributed by atoms with Crippen molar-refractivity contribution in [1.29, 1.82) is 5.26 Å². The van der Waals surface area contributed by atoms with Crippen LogP contribution >= 0.6 is 0 Å². The molecule has 0 radical (unpaired) electrons. The molecule has 0 aliphatic rings. The number of rotatable bonds is 6. The molecule has 39 heavy (non-hydrogen) atoms. The van der Waals surface area contributed by atoms with E-state index in [2.05, 4.69) is 57.7 Å². The zero-order chi connectivity index (χ0) is 28.5. The number of nitrogens with one attached hydrogen (secondary N) is 1. The molecule has 200 valence electrons. The first-order valence-corrected chi connectivity index (χ1v) is 12.8. The molecule has 0 amide bonds. The van der Waals surface area contributed by atoms with Gasteiger partial charge in [0.2, 0.25) is 5.95 Å². The summed E-state index contributed by atoms with van der Waals surface area (Å²) in [5, 5.41) is 26.9. The molecule has 9 nitrogen and oxygen atoms in total. The van der Waals surface area contributed by atoms with E-state index in [1.165, 1.54) is 0 Å². The lowest BCUT2D eigenvalue weighted by Gasteiger charge is -2.22. The molecule has 0 bridgehead atoms. The van der Waals surface area contributed by atoms with Crippen molar-refractivity contribution in [2.24, 2.45) is 17.3 Å². The number of nitrogens with zero attached hydrogens (tertiary/aromatic N) is 8. The third-order valence-electron chi connectivity index (χ3n) is 6.65. The van der Waals surface area contributed by atoms with Crippen LogP contribution in [-0.2, 0) is 12.5 Å². The summed E-state index contributed by atoms with van der Waals surface area (Å²) in [5.41, 5.74) is 7.63. The van der Waals surface area contributed by atoms with Crippen LogP contribution < -0.4 is 10.2 Å². The number of hydrogen-bond donors (Lipinski definition) is 1. The number of para-hydroxylation sites is 2. The fraction of sp³-hybridized carbons (Fsp3) is 0.333. The fourth-order valence-electron chi connectivity index (χ4n) is 4.62. The topological polar surface area (TPSA) is 107 Å². The number of aromatic nitrogens is 4. The number of hydrogen-bond acceptors (Lipinski definition) is 8. The maximum atomic E-state index is 9.89. The van der Waals surface area contributed by atoms with E-state index in [1.807, 2.05) is 70.8 Å². The van der Waals surface area contributed by atoms with Gasteiger partial charge in [-0.3, -0.25) is 0 Å². The van der Waals surface area contributed by atoms with E-state index < -0.39 is 0 Å². The highest BCUT2D eigenvalue weighted by Gasteiger charge is 2.26. The number of nitriles is 1. The average Bonchev–Trinajstić information content (AvgIpc) is 3.21. The fourth-order valence-corrected chi connectivity index (χ4v) is 4.62. The second-order valence-electron chi connectivity index (χ2n) is 10.8. The summed E-state index contributed by atoms with van der Waals surface area (Å²) < 4.78 is 1.59. The van der Waals surface area contributed by atoms with Crippen LogP contribution in [0.15, 0.2) is 52.8 Å². The van der Waals surface area contributed by atoms with Gasteiger partial charge in [0.25, 0.3) is 0 Å². The van der Waals surface area contributed by atoms with Gasteiger partial charge >= 0.3 is 0 Å². The lowest BCUT2D eigenvalue weighted by molar-refractivity contribution is 0.552. The SMILES string of the molecule is Cc1cccc(C)c1Nc1nc(N(C)c2c(C)cccc2C)ncc1N=Nc1c(C#N)c(C(C)(C)C)nn1C. The first-order valence-electron chi connectivity index (χ1n) is 12.8. The van der Waals surface area contributed by atoms with Crippen LogP contribution in [0.25, 0.3) is 0 Å². The molecule has 0 saturated heterocycles. The third-order valence-corrected chi connectivity index (χ3v) is 6.65. The lowest BCUT2D eigenvalue weighted by atomic mass is 9.90. The van der Waals surface area contributed by atoms with Gasteiger partial charge < -0.3 is 10.2 Å². The molecular formula is C30H35N9. The van der Waals surface area contributed by atoms with Crippen molar-refractivity contribution in [3.8, 4) is 6.07 Å². The predicted molar refractivity (Wildman–Crippen MR) is 156 cm³/mol. The third kappa shape index (κ3) is 5.50. The van der Waals surface area contributed by atoms with E-state index in [4.69, 9.17) is 4.98 Å². The van der Waals surface area contributed by atoms with Crippen LogP contribution in [0.4, 0.5) is 34.6 Å². The van der Waals surface area contributed by atoms with Crippen LogP contribution in [-0.4, -0.2) is 26.8 Å².